The normalized spacial score (nSPS) is 11.2. The van der Waals surface area contributed by atoms with Crippen molar-refractivity contribution >= 4 is 11.3 Å². The molecule has 4 heteroatoms. The second kappa shape index (κ2) is 5.27. The summed E-state index contributed by atoms with van der Waals surface area (Å²) in [6.07, 6.45) is 1.67. The molecule has 0 saturated heterocycles. The summed E-state index contributed by atoms with van der Waals surface area (Å²) in [5, 5.41) is 6.51. The van der Waals surface area contributed by atoms with Crippen LogP contribution in [0.2, 0.25) is 0 Å². The third kappa shape index (κ3) is 2.93. The first kappa shape index (κ1) is 11.4. The summed E-state index contributed by atoms with van der Waals surface area (Å²) >= 11 is 1.67. The Hall–Kier alpha value is -1.13. The van der Waals surface area contributed by atoms with E-state index in [4.69, 9.17) is 4.42 Å². The number of hydrogen-bond acceptors (Lipinski definition) is 4. The third-order valence-electron chi connectivity index (χ3n) is 2.15. The number of nitrogens with zero attached hydrogens (tertiary/aromatic N) is 1. The predicted molar refractivity (Wildman–Crippen MR) is 66.4 cm³/mol. The van der Waals surface area contributed by atoms with E-state index in [9.17, 15) is 0 Å². The van der Waals surface area contributed by atoms with Crippen molar-refractivity contribution in [2.24, 2.45) is 5.92 Å². The molecule has 0 atom stereocenters. The van der Waals surface area contributed by atoms with Gasteiger partial charge in [-0.2, -0.15) is 0 Å². The number of thiazole rings is 1. The molecule has 0 spiro atoms. The van der Waals surface area contributed by atoms with Gasteiger partial charge < -0.3 is 9.73 Å². The van der Waals surface area contributed by atoms with E-state index in [1.54, 1.807) is 17.6 Å². The fraction of sp³-hybridized carbons (Fsp3) is 0.417. The fourth-order valence-corrected chi connectivity index (χ4v) is 2.15. The molecule has 2 heterocycles. The van der Waals surface area contributed by atoms with Crippen LogP contribution in [0.5, 0.6) is 0 Å². The van der Waals surface area contributed by atoms with Crippen molar-refractivity contribution in [3.05, 3.63) is 28.8 Å². The molecule has 16 heavy (non-hydrogen) atoms. The molecule has 0 aliphatic rings. The van der Waals surface area contributed by atoms with Crippen LogP contribution in [0, 0.1) is 5.92 Å². The van der Waals surface area contributed by atoms with Gasteiger partial charge in [0.25, 0.3) is 0 Å². The highest BCUT2D eigenvalue weighted by Crippen LogP contribution is 2.21. The standard InChI is InChI=1S/C12H16N2OS/c1-9(2)6-13-7-12-14-10(8-16-12)11-4-3-5-15-11/h3-5,8-9,13H,6-7H2,1-2H3. The van der Waals surface area contributed by atoms with Gasteiger partial charge in [-0.3, -0.25) is 0 Å². The zero-order valence-corrected chi connectivity index (χ0v) is 10.4. The van der Waals surface area contributed by atoms with Crippen molar-refractivity contribution in [2.45, 2.75) is 20.4 Å². The molecule has 3 nitrogen and oxygen atoms in total. The van der Waals surface area contributed by atoms with Gasteiger partial charge in [-0.1, -0.05) is 13.8 Å². The van der Waals surface area contributed by atoms with Crippen LogP contribution in [0.1, 0.15) is 18.9 Å². The van der Waals surface area contributed by atoms with Gasteiger partial charge in [-0.25, -0.2) is 4.98 Å². The zero-order chi connectivity index (χ0) is 11.4. The van der Waals surface area contributed by atoms with E-state index in [0.29, 0.717) is 5.92 Å². The highest BCUT2D eigenvalue weighted by atomic mass is 32.1. The topological polar surface area (TPSA) is 38.1 Å². The maximum absolute atomic E-state index is 5.30. The van der Waals surface area contributed by atoms with Crippen LogP contribution in [-0.4, -0.2) is 11.5 Å². The summed E-state index contributed by atoms with van der Waals surface area (Å²) in [4.78, 5) is 4.51. The quantitative estimate of drug-likeness (QED) is 0.866. The monoisotopic (exact) mass is 236 g/mol. The van der Waals surface area contributed by atoms with E-state index in [0.717, 1.165) is 29.6 Å². The number of aromatic nitrogens is 1. The summed E-state index contributed by atoms with van der Waals surface area (Å²) in [6.45, 7) is 6.26. The molecule has 0 saturated carbocycles. The molecular formula is C12H16N2OS. The van der Waals surface area contributed by atoms with Gasteiger partial charge in [0.05, 0.1) is 6.26 Å². The molecule has 0 bridgehead atoms. The molecule has 0 amide bonds. The molecular weight excluding hydrogens is 220 g/mol. The zero-order valence-electron chi connectivity index (χ0n) is 9.56. The van der Waals surface area contributed by atoms with Crippen molar-refractivity contribution in [3.8, 4) is 11.5 Å². The summed E-state index contributed by atoms with van der Waals surface area (Å²) < 4.78 is 5.30. The van der Waals surface area contributed by atoms with E-state index >= 15 is 0 Å². The number of hydrogen-bond donors (Lipinski definition) is 1. The minimum absolute atomic E-state index is 0.671. The van der Waals surface area contributed by atoms with E-state index in [2.05, 4.69) is 24.1 Å². The van der Waals surface area contributed by atoms with Crippen LogP contribution >= 0.6 is 11.3 Å². The van der Waals surface area contributed by atoms with Gasteiger partial charge in [0, 0.05) is 11.9 Å². The predicted octanol–water partition coefficient (Wildman–Crippen LogP) is 3.15. The molecule has 2 rings (SSSR count). The Morgan fingerprint density at radius 2 is 2.38 bits per heavy atom. The highest BCUT2D eigenvalue weighted by molar-refractivity contribution is 7.09. The van der Waals surface area contributed by atoms with Crippen LogP contribution in [0.3, 0.4) is 0 Å². The van der Waals surface area contributed by atoms with Crippen LogP contribution < -0.4 is 5.32 Å². The molecule has 2 aromatic heterocycles. The Morgan fingerprint density at radius 3 is 3.06 bits per heavy atom. The Labute approximate surface area is 99.5 Å². The molecule has 86 valence electrons. The van der Waals surface area contributed by atoms with Crippen LogP contribution in [0.4, 0.5) is 0 Å². The first-order valence-electron chi connectivity index (χ1n) is 5.44. The van der Waals surface area contributed by atoms with Crippen molar-refractivity contribution in [1.29, 1.82) is 0 Å². The molecule has 2 aromatic rings. The SMILES string of the molecule is CC(C)CNCc1nc(-c2ccco2)cs1. The molecule has 0 aromatic carbocycles. The largest absolute Gasteiger partial charge is 0.463 e. The van der Waals surface area contributed by atoms with Gasteiger partial charge in [0.1, 0.15) is 10.7 Å². The molecule has 1 N–H and O–H groups in total. The fourth-order valence-electron chi connectivity index (χ4n) is 1.40. The summed E-state index contributed by atoms with van der Waals surface area (Å²) in [5.41, 5.74) is 0.927. The molecule has 0 fully saturated rings. The number of nitrogens with one attached hydrogen (secondary N) is 1. The van der Waals surface area contributed by atoms with Crippen molar-refractivity contribution < 1.29 is 4.42 Å². The van der Waals surface area contributed by atoms with Crippen molar-refractivity contribution in [3.63, 3.8) is 0 Å². The third-order valence-corrected chi connectivity index (χ3v) is 3.00. The minimum atomic E-state index is 0.671. The van der Waals surface area contributed by atoms with Crippen molar-refractivity contribution in [1.82, 2.24) is 10.3 Å². The lowest BCUT2D eigenvalue weighted by Gasteiger charge is -2.04. The lowest BCUT2D eigenvalue weighted by Crippen LogP contribution is -2.18. The van der Waals surface area contributed by atoms with Crippen LogP contribution in [0.15, 0.2) is 28.2 Å². The molecule has 0 unspecified atom stereocenters. The van der Waals surface area contributed by atoms with Crippen LogP contribution in [0.25, 0.3) is 11.5 Å². The Balaban J connectivity index is 1.93. The van der Waals surface area contributed by atoms with Crippen LogP contribution in [-0.2, 0) is 6.54 Å². The van der Waals surface area contributed by atoms with Gasteiger partial charge in [-0.05, 0) is 24.6 Å². The smallest absolute Gasteiger partial charge is 0.153 e. The van der Waals surface area contributed by atoms with E-state index in [1.807, 2.05) is 17.5 Å². The highest BCUT2D eigenvalue weighted by Gasteiger charge is 2.06. The minimum Gasteiger partial charge on any atom is -0.463 e. The van der Waals surface area contributed by atoms with Gasteiger partial charge in [0.15, 0.2) is 5.76 Å². The Bertz CT molecular complexity index is 420. The first-order valence-corrected chi connectivity index (χ1v) is 6.32. The lowest BCUT2D eigenvalue weighted by atomic mass is 10.2. The first-order chi connectivity index (χ1) is 7.75. The summed E-state index contributed by atoms with van der Waals surface area (Å²) in [6, 6.07) is 3.81. The maximum atomic E-state index is 5.30. The number of furan rings is 1. The molecule has 0 radical (unpaired) electrons. The average Bonchev–Trinajstić information content (AvgIpc) is 2.85. The van der Waals surface area contributed by atoms with Gasteiger partial charge in [-0.15, -0.1) is 11.3 Å². The second-order valence-electron chi connectivity index (χ2n) is 4.13. The van der Waals surface area contributed by atoms with Crippen molar-refractivity contribution in [2.75, 3.05) is 6.54 Å². The summed E-state index contributed by atoms with van der Waals surface area (Å²) in [5.74, 6) is 1.51. The second-order valence-corrected chi connectivity index (χ2v) is 5.07. The van der Waals surface area contributed by atoms with Gasteiger partial charge in [0.2, 0.25) is 0 Å². The van der Waals surface area contributed by atoms with Gasteiger partial charge >= 0.3 is 0 Å². The Kier molecular flexibility index (Phi) is 3.74. The van der Waals surface area contributed by atoms with E-state index in [-0.39, 0.29) is 0 Å². The average molecular weight is 236 g/mol. The molecule has 0 aliphatic heterocycles. The molecule has 0 aliphatic carbocycles. The Morgan fingerprint density at radius 1 is 1.50 bits per heavy atom. The van der Waals surface area contributed by atoms with E-state index in [1.165, 1.54) is 0 Å². The maximum Gasteiger partial charge on any atom is 0.153 e. The summed E-state index contributed by atoms with van der Waals surface area (Å²) in [7, 11) is 0. The van der Waals surface area contributed by atoms with E-state index < -0.39 is 0 Å². The lowest BCUT2D eigenvalue weighted by molar-refractivity contribution is 0.551. The number of rotatable bonds is 5.